The Morgan fingerprint density at radius 1 is 0.623 bits per heavy atom. The number of aromatic nitrogens is 2. The highest BCUT2D eigenvalue weighted by molar-refractivity contribution is 5.74. The number of nitriles is 2. The zero-order valence-electron chi connectivity index (χ0n) is 33.0. The second-order valence-corrected chi connectivity index (χ2v) is 13.8. The van der Waals surface area contributed by atoms with Crippen LogP contribution in [0.15, 0.2) is 161 Å². The molecule has 7 rings (SSSR count). The maximum absolute atomic E-state index is 13.7. The van der Waals surface area contributed by atoms with Crippen molar-refractivity contribution in [1.82, 2.24) is 9.13 Å². The molecule has 0 radical (unpaired) electrons. The summed E-state index contributed by atoms with van der Waals surface area (Å²) in [6.45, 7) is 2.13. The van der Waals surface area contributed by atoms with Gasteiger partial charge in [0.25, 0.3) is 11.1 Å². The molecule has 0 aliphatic rings. The Morgan fingerprint density at radius 2 is 1.13 bits per heavy atom. The maximum atomic E-state index is 13.7. The first-order chi connectivity index (χ1) is 29.4. The van der Waals surface area contributed by atoms with E-state index in [0.717, 1.165) is 22.8 Å². The van der Waals surface area contributed by atoms with Crippen LogP contribution in [0.4, 0.5) is 13.2 Å². The number of nitrogens with zero attached hydrogens (tertiary/aromatic N) is 4. The molecule has 0 aliphatic heterocycles. The van der Waals surface area contributed by atoms with E-state index in [0.29, 0.717) is 40.4 Å². The van der Waals surface area contributed by atoms with Crippen molar-refractivity contribution in [2.75, 3.05) is 7.11 Å². The molecule has 61 heavy (non-hydrogen) atoms. The van der Waals surface area contributed by atoms with Crippen LogP contribution in [0.5, 0.6) is 11.5 Å². The number of ether oxygens (including phenoxy) is 2. The van der Waals surface area contributed by atoms with Crippen molar-refractivity contribution in [3.8, 4) is 46.2 Å². The lowest BCUT2D eigenvalue weighted by atomic mass is 10.0. The van der Waals surface area contributed by atoms with Crippen molar-refractivity contribution in [3.63, 3.8) is 0 Å². The van der Waals surface area contributed by atoms with Gasteiger partial charge in [-0.05, 0) is 77.2 Å². The molecule has 5 aromatic carbocycles. The summed E-state index contributed by atoms with van der Waals surface area (Å²) < 4.78 is 54.2. The van der Waals surface area contributed by atoms with Crippen LogP contribution in [0.2, 0.25) is 0 Å². The summed E-state index contributed by atoms with van der Waals surface area (Å²) in [4.78, 5) is 37.9. The highest BCUT2D eigenvalue weighted by atomic mass is 19.4. The van der Waals surface area contributed by atoms with Gasteiger partial charge in [-0.2, -0.15) is 23.7 Å². The molecule has 304 valence electrons. The molecule has 7 aromatic rings. The number of alkyl halides is 3. The largest absolute Gasteiger partial charge is 0.469 e. The zero-order chi connectivity index (χ0) is 43.5. The van der Waals surface area contributed by atoms with Crippen molar-refractivity contribution in [2.24, 2.45) is 0 Å². The van der Waals surface area contributed by atoms with Crippen molar-refractivity contribution in [1.29, 1.82) is 10.5 Å². The molecule has 9 nitrogen and oxygen atoms in total. The third kappa shape index (κ3) is 10.4. The number of esters is 1. The summed E-state index contributed by atoms with van der Waals surface area (Å²) in [5.74, 6) is 0.742. The fourth-order valence-corrected chi connectivity index (χ4v) is 6.60. The summed E-state index contributed by atoms with van der Waals surface area (Å²) in [6, 6.07) is 48.0. The first kappa shape index (κ1) is 42.6. The van der Waals surface area contributed by atoms with Crippen molar-refractivity contribution in [2.45, 2.75) is 32.6 Å². The third-order valence-corrected chi connectivity index (χ3v) is 9.58. The van der Waals surface area contributed by atoms with E-state index >= 15 is 0 Å². The Kier molecular flexibility index (Phi) is 13.4. The number of pyridine rings is 2. The van der Waals surface area contributed by atoms with Gasteiger partial charge in [0.15, 0.2) is 0 Å². The van der Waals surface area contributed by atoms with Crippen LogP contribution in [-0.4, -0.2) is 22.2 Å². The number of hydrogen-bond donors (Lipinski definition) is 0. The van der Waals surface area contributed by atoms with E-state index in [-0.39, 0.29) is 24.2 Å². The Labute approximate surface area is 349 Å². The van der Waals surface area contributed by atoms with Crippen LogP contribution in [0.1, 0.15) is 38.9 Å². The number of methoxy groups -OCH3 is 1. The van der Waals surface area contributed by atoms with Gasteiger partial charge in [-0.1, -0.05) is 115 Å². The number of benzene rings is 5. The van der Waals surface area contributed by atoms with E-state index in [4.69, 9.17) is 9.47 Å². The van der Waals surface area contributed by atoms with Gasteiger partial charge in [0.2, 0.25) is 0 Å². The van der Waals surface area contributed by atoms with Gasteiger partial charge in [-0.3, -0.25) is 14.4 Å². The zero-order valence-corrected chi connectivity index (χ0v) is 33.0. The molecular weight excluding hydrogens is 782 g/mol. The maximum Gasteiger partial charge on any atom is 0.417 e. The lowest BCUT2D eigenvalue weighted by Gasteiger charge is -2.18. The van der Waals surface area contributed by atoms with Gasteiger partial charge in [-0.25, -0.2) is 0 Å². The van der Waals surface area contributed by atoms with Gasteiger partial charge < -0.3 is 18.6 Å². The quantitative estimate of drug-likeness (QED) is 0.126. The van der Waals surface area contributed by atoms with E-state index in [1.54, 1.807) is 53.1 Å². The predicted octanol–water partition coefficient (Wildman–Crippen LogP) is 9.71. The molecule has 0 bridgehead atoms. The molecule has 2 aromatic heterocycles. The fraction of sp³-hybridized carbons (Fsp3) is 0.122. The van der Waals surface area contributed by atoms with Crippen LogP contribution < -0.4 is 15.9 Å². The van der Waals surface area contributed by atoms with Crippen LogP contribution in [-0.2, 0) is 35.2 Å². The average Bonchev–Trinajstić information content (AvgIpc) is 3.26. The summed E-state index contributed by atoms with van der Waals surface area (Å²) >= 11 is 0. The van der Waals surface area contributed by atoms with E-state index in [1.807, 2.05) is 110 Å². The van der Waals surface area contributed by atoms with E-state index in [1.165, 1.54) is 17.7 Å². The normalized spacial score (nSPS) is 10.7. The Hall–Kier alpha value is -7.96. The van der Waals surface area contributed by atoms with Crippen molar-refractivity contribution < 1.29 is 27.4 Å². The SMILES string of the molecule is COC(=O)Cc1cc(-c2ccccc2)n(Cc2ccccc2)c(=O)c1C#N.Cc1cccc(-c2cc(C(F)(F)F)c(C#N)c(=O)n2Cc2ccc(Oc3ccccc3)cc2)c1. The van der Waals surface area contributed by atoms with Gasteiger partial charge in [0, 0.05) is 0 Å². The van der Waals surface area contributed by atoms with Gasteiger partial charge >= 0.3 is 12.1 Å². The standard InChI is InChI=1S/C27H19F3N2O2.C22H18N2O3/c1-18-6-5-7-20(14-18)25-15-24(27(28,29)30)23(16-31)26(33)32(25)17-19-10-12-22(13-11-19)34-21-8-3-2-4-9-21;1-27-21(25)13-18-12-20(17-10-6-3-7-11-17)24(22(26)19(18)14-23)15-16-8-4-2-5-9-16/h2-15H,17H2,1H3;2-12H,13,15H2,1H3. The summed E-state index contributed by atoms with van der Waals surface area (Å²) in [5.41, 5.74) is 1.25. The predicted molar refractivity (Wildman–Crippen MR) is 225 cm³/mol. The molecule has 0 amide bonds. The van der Waals surface area contributed by atoms with E-state index in [9.17, 15) is 38.1 Å². The number of hydrogen-bond acceptors (Lipinski definition) is 7. The minimum atomic E-state index is -4.84. The van der Waals surface area contributed by atoms with E-state index < -0.39 is 34.4 Å². The molecular formula is C49H37F3N4O5. The molecule has 0 fully saturated rings. The number of halogens is 3. The van der Waals surface area contributed by atoms with Crippen LogP contribution >= 0.6 is 0 Å². The topological polar surface area (TPSA) is 127 Å². The van der Waals surface area contributed by atoms with Gasteiger partial charge in [0.05, 0.1) is 43.6 Å². The molecule has 12 heteroatoms. The molecule has 0 saturated carbocycles. The highest BCUT2D eigenvalue weighted by Crippen LogP contribution is 2.34. The number of para-hydroxylation sites is 1. The van der Waals surface area contributed by atoms with Crippen LogP contribution in [0, 0.1) is 29.6 Å². The lowest BCUT2D eigenvalue weighted by molar-refractivity contribution is -0.140. The molecule has 2 heterocycles. The average molecular weight is 819 g/mol. The summed E-state index contributed by atoms with van der Waals surface area (Å²) in [5, 5.41) is 18.9. The van der Waals surface area contributed by atoms with E-state index in [2.05, 4.69) is 0 Å². The third-order valence-electron chi connectivity index (χ3n) is 9.58. The number of aryl methyl sites for hydroxylation is 1. The number of carbonyl (C=O) groups is 1. The van der Waals surface area contributed by atoms with Gasteiger partial charge in [0.1, 0.15) is 34.8 Å². The Morgan fingerprint density at radius 3 is 1.69 bits per heavy atom. The highest BCUT2D eigenvalue weighted by Gasteiger charge is 2.36. The molecule has 0 N–H and O–H groups in total. The summed E-state index contributed by atoms with van der Waals surface area (Å²) in [6.07, 6.45) is -4.96. The molecule has 0 unspecified atom stereocenters. The molecule has 0 spiro atoms. The van der Waals surface area contributed by atoms with Crippen molar-refractivity contribution in [3.05, 3.63) is 211 Å². The molecule has 0 saturated heterocycles. The van der Waals surface area contributed by atoms with Crippen LogP contribution in [0.25, 0.3) is 22.5 Å². The Balaban J connectivity index is 0.000000210. The minimum Gasteiger partial charge on any atom is -0.469 e. The van der Waals surface area contributed by atoms with Crippen LogP contribution in [0.3, 0.4) is 0 Å². The smallest absolute Gasteiger partial charge is 0.417 e. The second-order valence-electron chi connectivity index (χ2n) is 13.8. The molecule has 0 atom stereocenters. The monoisotopic (exact) mass is 818 g/mol. The van der Waals surface area contributed by atoms with Crippen molar-refractivity contribution >= 4 is 5.97 Å². The van der Waals surface area contributed by atoms with Gasteiger partial charge in [-0.15, -0.1) is 0 Å². The summed E-state index contributed by atoms with van der Waals surface area (Å²) in [7, 11) is 1.28. The Bertz CT molecular complexity index is 2860. The lowest BCUT2D eigenvalue weighted by Crippen LogP contribution is -2.28. The number of carbonyl (C=O) groups excluding carboxylic acids is 1. The number of rotatable bonds is 10. The molecule has 0 aliphatic carbocycles. The second kappa shape index (κ2) is 19.2. The first-order valence-corrected chi connectivity index (χ1v) is 18.9. The fourth-order valence-electron chi connectivity index (χ4n) is 6.60. The first-order valence-electron chi connectivity index (χ1n) is 18.9. The minimum absolute atomic E-state index is 0.0134.